The normalized spacial score (nSPS) is 16.1. The van der Waals surface area contributed by atoms with E-state index in [0.29, 0.717) is 12.3 Å². The van der Waals surface area contributed by atoms with Crippen LogP contribution in [0, 0.1) is 5.92 Å². The zero-order chi connectivity index (χ0) is 13.0. The molecule has 0 atom stereocenters. The first-order valence-electron chi connectivity index (χ1n) is 6.35. The van der Waals surface area contributed by atoms with Gasteiger partial charge in [0.25, 0.3) is 10.0 Å². The summed E-state index contributed by atoms with van der Waals surface area (Å²) >= 11 is 0. The van der Waals surface area contributed by atoms with Crippen molar-refractivity contribution in [1.82, 2.24) is 10.0 Å². The lowest BCUT2D eigenvalue weighted by atomic mass is 10.2. The number of hydrogen-bond donors (Lipinski definition) is 2. The van der Waals surface area contributed by atoms with Gasteiger partial charge in [-0.2, -0.15) is 0 Å². The van der Waals surface area contributed by atoms with Gasteiger partial charge >= 0.3 is 0 Å². The van der Waals surface area contributed by atoms with Crippen LogP contribution >= 0.6 is 0 Å². The molecule has 0 aromatic carbocycles. The van der Waals surface area contributed by atoms with Gasteiger partial charge in [0, 0.05) is 0 Å². The van der Waals surface area contributed by atoms with Gasteiger partial charge in [0.2, 0.25) is 5.09 Å². The third-order valence-electron chi connectivity index (χ3n) is 3.13. The van der Waals surface area contributed by atoms with Gasteiger partial charge in [-0.25, -0.2) is 13.1 Å². The number of rotatable bonds is 8. The highest BCUT2D eigenvalue weighted by atomic mass is 32.2. The molecule has 0 unspecified atom stereocenters. The first kappa shape index (κ1) is 13.6. The topological polar surface area (TPSA) is 71.3 Å². The highest BCUT2D eigenvalue weighted by Crippen LogP contribution is 2.33. The molecule has 0 amide bonds. The maximum atomic E-state index is 11.4. The standard InChI is InChI=1S/C12H20N2O3S/c1-13-18(15,16)12-7-6-11(17-12)9-14-8-2-3-10-4-5-10/h6-7,10,13-14H,2-5,8-9H2,1H3. The Morgan fingerprint density at radius 3 is 2.83 bits per heavy atom. The molecule has 102 valence electrons. The van der Waals surface area contributed by atoms with E-state index in [1.54, 1.807) is 6.07 Å². The molecular weight excluding hydrogens is 252 g/mol. The summed E-state index contributed by atoms with van der Waals surface area (Å²) in [5, 5.41) is 3.23. The van der Waals surface area contributed by atoms with Gasteiger partial charge in [-0.15, -0.1) is 0 Å². The van der Waals surface area contributed by atoms with E-state index in [-0.39, 0.29) is 5.09 Å². The van der Waals surface area contributed by atoms with Gasteiger partial charge < -0.3 is 9.73 Å². The van der Waals surface area contributed by atoms with Crippen LogP contribution in [0.2, 0.25) is 0 Å². The fraction of sp³-hybridized carbons (Fsp3) is 0.667. The van der Waals surface area contributed by atoms with Gasteiger partial charge in [0.1, 0.15) is 5.76 Å². The van der Waals surface area contributed by atoms with Crippen molar-refractivity contribution in [1.29, 1.82) is 0 Å². The summed E-state index contributed by atoms with van der Waals surface area (Å²) in [7, 11) is -2.09. The average molecular weight is 272 g/mol. The third-order valence-corrected chi connectivity index (χ3v) is 4.42. The largest absolute Gasteiger partial charge is 0.447 e. The molecule has 1 aliphatic rings. The molecule has 18 heavy (non-hydrogen) atoms. The molecule has 0 aliphatic heterocycles. The third kappa shape index (κ3) is 3.83. The predicted molar refractivity (Wildman–Crippen MR) is 68.6 cm³/mol. The first-order valence-corrected chi connectivity index (χ1v) is 7.83. The minimum atomic E-state index is -3.46. The minimum absolute atomic E-state index is 0.0280. The Bertz CT molecular complexity index is 477. The van der Waals surface area contributed by atoms with Gasteiger partial charge in [0.05, 0.1) is 6.54 Å². The van der Waals surface area contributed by atoms with Gasteiger partial charge in [-0.1, -0.05) is 12.8 Å². The fourth-order valence-corrected chi connectivity index (χ4v) is 2.50. The number of nitrogens with one attached hydrogen (secondary N) is 2. The SMILES string of the molecule is CNS(=O)(=O)c1ccc(CNCCCC2CC2)o1. The lowest BCUT2D eigenvalue weighted by Gasteiger charge is -2.02. The van der Waals surface area contributed by atoms with Crippen molar-refractivity contribution < 1.29 is 12.8 Å². The summed E-state index contributed by atoms with van der Waals surface area (Å²) < 4.78 is 30.4. The predicted octanol–water partition coefficient (Wildman–Crippen LogP) is 1.47. The molecule has 2 rings (SSSR count). The molecule has 0 radical (unpaired) electrons. The Morgan fingerprint density at radius 1 is 1.39 bits per heavy atom. The van der Waals surface area contributed by atoms with Crippen molar-refractivity contribution >= 4 is 10.0 Å². The van der Waals surface area contributed by atoms with Crippen molar-refractivity contribution in [2.45, 2.75) is 37.3 Å². The van der Waals surface area contributed by atoms with Crippen molar-refractivity contribution in [3.8, 4) is 0 Å². The van der Waals surface area contributed by atoms with Gasteiger partial charge in [-0.05, 0) is 44.5 Å². The molecule has 6 heteroatoms. The molecule has 5 nitrogen and oxygen atoms in total. The van der Waals surface area contributed by atoms with E-state index in [1.165, 1.54) is 38.8 Å². The molecule has 1 aliphatic carbocycles. The molecule has 0 saturated heterocycles. The lowest BCUT2D eigenvalue weighted by Crippen LogP contribution is -2.18. The Balaban J connectivity index is 1.72. The molecular formula is C12H20N2O3S. The van der Waals surface area contributed by atoms with E-state index in [9.17, 15) is 8.42 Å². The molecule has 1 saturated carbocycles. The van der Waals surface area contributed by atoms with Gasteiger partial charge in [0.15, 0.2) is 0 Å². The second-order valence-corrected chi connectivity index (χ2v) is 6.51. The van der Waals surface area contributed by atoms with E-state index in [4.69, 9.17) is 4.42 Å². The monoisotopic (exact) mass is 272 g/mol. The van der Waals surface area contributed by atoms with Crippen LogP contribution in [0.25, 0.3) is 0 Å². The Morgan fingerprint density at radius 2 is 2.17 bits per heavy atom. The van der Waals surface area contributed by atoms with Crippen molar-refractivity contribution in [3.63, 3.8) is 0 Å². The second-order valence-electron chi connectivity index (χ2n) is 4.69. The molecule has 1 heterocycles. The molecule has 1 fully saturated rings. The fourth-order valence-electron chi connectivity index (χ4n) is 1.83. The van der Waals surface area contributed by atoms with Crippen LogP contribution in [0.5, 0.6) is 0 Å². The van der Waals surface area contributed by atoms with Crippen LogP contribution in [0.15, 0.2) is 21.6 Å². The van der Waals surface area contributed by atoms with Crippen LogP contribution in [0.3, 0.4) is 0 Å². The summed E-state index contributed by atoms with van der Waals surface area (Å²) in [5.41, 5.74) is 0. The lowest BCUT2D eigenvalue weighted by molar-refractivity contribution is 0.399. The van der Waals surface area contributed by atoms with Crippen molar-refractivity contribution in [3.05, 3.63) is 17.9 Å². The average Bonchev–Trinajstić information content (AvgIpc) is 3.05. The highest BCUT2D eigenvalue weighted by Gasteiger charge is 2.20. The number of sulfonamides is 1. The van der Waals surface area contributed by atoms with Crippen molar-refractivity contribution in [2.75, 3.05) is 13.6 Å². The van der Waals surface area contributed by atoms with E-state index in [1.807, 2.05) is 0 Å². The van der Waals surface area contributed by atoms with Crippen molar-refractivity contribution in [2.24, 2.45) is 5.92 Å². The second kappa shape index (κ2) is 5.86. The highest BCUT2D eigenvalue weighted by molar-refractivity contribution is 7.89. The van der Waals surface area contributed by atoms with E-state index >= 15 is 0 Å². The summed E-state index contributed by atoms with van der Waals surface area (Å²) in [6.45, 7) is 1.52. The first-order chi connectivity index (χ1) is 8.62. The van der Waals surface area contributed by atoms with Crippen LogP contribution in [0.4, 0.5) is 0 Å². The zero-order valence-corrected chi connectivity index (χ0v) is 11.4. The number of furan rings is 1. The summed E-state index contributed by atoms with van der Waals surface area (Å²) in [4.78, 5) is 0. The van der Waals surface area contributed by atoms with Crippen LogP contribution in [0.1, 0.15) is 31.4 Å². The Kier molecular flexibility index (Phi) is 4.42. The van der Waals surface area contributed by atoms with E-state index in [0.717, 1.165) is 12.5 Å². The zero-order valence-electron chi connectivity index (χ0n) is 10.6. The maximum absolute atomic E-state index is 11.4. The van der Waals surface area contributed by atoms with E-state index < -0.39 is 10.0 Å². The molecule has 1 aromatic rings. The van der Waals surface area contributed by atoms with Crippen LogP contribution < -0.4 is 10.0 Å². The minimum Gasteiger partial charge on any atom is -0.447 e. The molecule has 2 N–H and O–H groups in total. The van der Waals surface area contributed by atoms with E-state index in [2.05, 4.69) is 10.0 Å². The number of hydrogen-bond acceptors (Lipinski definition) is 4. The Hall–Kier alpha value is -0.850. The van der Waals surface area contributed by atoms with Crippen LogP contribution in [-0.4, -0.2) is 22.0 Å². The summed E-state index contributed by atoms with van der Waals surface area (Å²) in [5.74, 6) is 1.61. The summed E-state index contributed by atoms with van der Waals surface area (Å²) in [6.07, 6.45) is 5.25. The molecule has 1 aromatic heterocycles. The molecule has 0 spiro atoms. The maximum Gasteiger partial charge on any atom is 0.273 e. The van der Waals surface area contributed by atoms with Crippen LogP contribution in [-0.2, 0) is 16.6 Å². The molecule has 0 bridgehead atoms. The Labute approximate surface area is 108 Å². The summed E-state index contributed by atoms with van der Waals surface area (Å²) in [6, 6.07) is 3.17. The van der Waals surface area contributed by atoms with Gasteiger partial charge in [-0.3, -0.25) is 0 Å². The smallest absolute Gasteiger partial charge is 0.273 e. The quantitative estimate of drug-likeness (QED) is 0.703.